The molecule has 0 aromatic carbocycles. The summed E-state index contributed by atoms with van der Waals surface area (Å²) in [5.41, 5.74) is 3.48. The Kier molecular flexibility index (Phi) is 6.27. The van der Waals surface area contributed by atoms with Gasteiger partial charge in [0.25, 0.3) is 0 Å². The predicted octanol–water partition coefficient (Wildman–Crippen LogP) is 3.43. The lowest BCUT2D eigenvalue weighted by Gasteiger charge is -2.23. The smallest absolute Gasteiger partial charge is 0.0676 e. The van der Waals surface area contributed by atoms with Crippen LogP contribution in [0.4, 0.5) is 0 Å². The largest absolute Gasteiger partial charge is 0.310 e. The van der Waals surface area contributed by atoms with E-state index in [9.17, 15) is 0 Å². The number of nitrogens with one attached hydrogen (secondary N) is 1. The van der Waals surface area contributed by atoms with Gasteiger partial charge in [-0.1, -0.05) is 34.1 Å². The zero-order valence-corrected chi connectivity index (χ0v) is 12.5. The molecule has 0 aliphatic carbocycles. The Morgan fingerprint density at radius 3 is 2.50 bits per heavy atom. The molecular weight excluding hydrogens is 222 g/mol. The van der Waals surface area contributed by atoms with Gasteiger partial charge in [-0.3, -0.25) is 0 Å². The van der Waals surface area contributed by atoms with Crippen LogP contribution < -0.4 is 5.32 Å². The number of aromatic nitrogens is 2. The van der Waals surface area contributed by atoms with Crippen LogP contribution in [0, 0.1) is 12.8 Å². The molecule has 0 amide bonds. The minimum absolute atomic E-state index is 0.411. The average molecular weight is 249 g/mol. The Labute approximate surface area is 111 Å². The molecule has 3 heteroatoms. The third-order valence-electron chi connectivity index (χ3n) is 3.52. The first-order valence-corrected chi connectivity index (χ1v) is 7.18. The van der Waals surface area contributed by atoms with E-state index in [1.807, 2.05) is 6.92 Å². The molecule has 0 saturated heterocycles. The Bertz CT molecular complexity index is 363. The molecule has 1 heterocycles. The van der Waals surface area contributed by atoms with E-state index >= 15 is 0 Å². The third kappa shape index (κ3) is 4.05. The summed E-state index contributed by atoms with van der Waals surface area (Å²) in [7, 11) is 0. The summed E-state index contributed by atoms with van der Waals surface area (Å²) in [6.07, 6.45) is 3.34. The Hall–Kier alpha value is -0.960. The van der Waals surface area contributed by atoms with Crippen molar-refractivity contribution in [3.05, 3.63) is 23.0 Å². The fourth-order valence-corrected chi connectivity index (χ4v) is 2.25. The molecule has 3 nitrogen and oxygen atoms in total. The fraction of sp³-hybridized carbons (Fsp3) is 0.733. The van der Waals surface area contributed by atoms with Gasteiger partial charge in [0, 0.05) is 6.04 Å². The molecule has 1 aromatic rings. The van der Waals surface area contributed by atoms with Gasteiger partial charge in [-0.25, -0.2) is 0 Å². The highest BCUT2D eigenvalue weighted by atomic mass is 15.1. The van der Waals surface area contributed by atoms with Crippen LogP contribution in [-0.4, -0.2) is 16.7 Å². The average Bonchev–Trinajstić information content (AvgIpc) is 2.38. The molecule has 102 valence electrons. The van der Waals surface area contributed by atoms with Crippen molar-refractivity contribution in [3.8, 4) is 0 Å². The molecule has 2 atom stereocenters. The van der Waals surface area contributed by atoms with Crippen LogP contribution >= 0.6 is 0 Å². The molecule has 0 aliphatic heterocycles. The zero-order valence-electron chi connectivity index (χ0n) is 12.5. The van der Waals surface area contributed by atoms with Gasteiger partial charge in [0.1, 0.15) is 0 Å². The van der Waals surface area contributed by atoms with Crippen LogP contribution in [0.2, 0.25) is 0 Å². The maximum atomic E-state index is 4.34. The van der Waals surface area contributed by atoms with Gasteiger partial charge >= 0.3 is 0 Å². The van der Waals surface area contributed by atoms with Gasteiger partial charge < -0.3 is 5.32 Å². The lowest BCUT2D eigenvalue weighted by atomic mass is 9.92. The number of hydrogen-bond donors (Lipinski definition) is 1. The Balaban J connectivity index is 2.99. The van der Waals surface area contributed by atoms with Gasteiger partial charge in [0.05, 0.1) is 11.4 Å². The van der Waals surface area contributed by atoms with E-state index in [0.29, 0.717) is 6.04 Å². The molecule has 0 radical (unpaired) electrons. The normalized spacial score (nSPS) is 14.5. The fourth-order valence-electron chi connectivity index (χ4n) is 2.25. The molecule has 0 bridgehead atoms. The standard InChI is InChI=1S/C15H27N3/c1-6-11(4)9-15(16-8-3)13-10-12(5)17-18-14(13)7-2/h10-11,15-16H,6-9H2,1-5H3. The van der Waals surface area contributed by atoms with Gasteiger partial charge in [-0.2, -0.15) is 10.2 Å². The predicted molar refractivity (Wildman–Crippen MR) is 76.6 cm³/mol. The van der Waals surface area contributed by atoms with E-state index in [2.05, 4.69) is 49.3 Å². The van der Waals surface area contributed by atoms with Gasteiger partial charge in [0.15, 0.2) is 0 Å². The van der Waals surface area contributed by atoms with Crippen LogP contribution in [0.15, 0.2) is 6.07 Å². The minimum Gasteiger partial charge on any atom is -0.310 e. The van der Waals surface area contributed by atoms with E-state index in [-0.39, 0.29) is 0 Å². The summed E-state index contributed by atoms with van der Waals surface area (Å²) in [4.78, 5) is 0. The second-order valence-electron chi connectivity index (χ2n) is 5.10. The van der Waals surface area contributed by atoms with E-state index in [4.69, 9.17) is 0 Å². The third-order valence-corrected chi connectivity index (χ3v) is 3.52. The zero-order chi connectivity index (χ0) is 13.5. The van der Waals surface area contributed by atoms with Gasteiger partial charge in [-0.05, 0) is 43.9 Å². The molecule has 0 saturated carbocycles. The number of aryl methyl sites for hydroxylation is 2. The monoisotopic (exact) mass is 249 g/mol. The summed E-state index contributed by atoms with van der Waals surface area (Å²) in [6.45, 7) is 11.9. The molecule has 0 spiro atoms. The van der Waals surface area contributed by atoms with E-state index in [1.54, 1.807) is 0 Å². The number of rotatable bonds is 7. The molecule has 1 N–H and O–H groups in total. The van der Waals surface area contributed by atoms with Crippen LogP contribution in [-0.2, 0) is 6.42 Å². The highest BCUT2D eigenvalue weighted by Gasteiger charge is 2.17. The highest BCUT2D eigenvalue weighted by molar-refractivity contribution is 5.25. The molecule has 18 heavy (non-hydrogen) atoms. The molecule has 2 unspecified atom stereocenters. The first-order valence-electron chi connectivity index (χ1n) is 7.18. The van der Waals surface area contributed by atoms with Crippen molar-refractivity contribution >= 4 is 0 Å². The van der Waals surface area contributed by atoms with Crippen molar-refractivity contribution in [2.75, 3.05) is 6.54 Å². The number of nitrogens with zero attached hydrogens (tertiary/aromatic N) is 2. The maximum absolute atomic E-state index is 4.34. The second kappa shape index (κ2) is 7.47. The highest BCUT2D eigenvalue weighted by Crippen LogP contribution is 2.25. The lowest BCUT2D eigenvalue weighted by Crippen LogP contribution is -2.24. The first-order chi connectivity index (χ1) is 8.62. The van der Waals surface area contributed by atoms with Crippen LogP contribution in [0.5, 0.6) is 0 Å². The lowest BCUT2D eigenvalue weighted by molar-refractivity contribution is 0.405. The topological polar surface area (TPSA) is 37.8 Å². The van der Waals surface area contributed by atoms with E-state index < -0.39 is 0 Å². The SMILES string of the molecule is CCNC(CC(C)CC)c1cc(C)nnc1CC. The maximum Gasteiger partial charge on any atom is 0.0676 e. The van der Waals surface area contributed by atoms with Crippen LogP contribution in [0.3, 0.4) is 0 Å². The van der Waals surface area contributed by atoms with Crippen LogP contribution in [0.1, 0.15) is 63.5 Å². The summed E-state index contributed by atoms with van der Waals surface area (Å²) in [5, 5.41) is 12.1. The first kappa shape index (κ1) is 15.1. The van der Waals surface area contributed by atoms with Gasteiger partial charge in [-0.15, -0.1) is 0 Å². The minimum atomic E-state index is 0.411. The van der Waals surface area contributed by atoms with Gasteiger partial charge in [0.2, 0.25) is 0 Å². The molecular formula is C15H27N3. The quantitative estimate of drug-likeness (QED) is 0.804. The molecule has 0 aliphatic rings. The van der Waals surface area contributed by atoms with Crippen molar-refractivity contribution < 1.29 is 0 Å². The van der Waals surface area contributed by atoms with E-state index in [1.165, 1.54) is 18.4 Å². The van der Waals surface area contributed by atoms with Crippen molar-refractivity contribution in [2.24, 2.45) is 5.92 Å². The van der Waals surface area contributed by atoms with Crippen molar-refractivity contribution in [2.45, 2.75) is 59.9 Å². The molecule has 1 aromatic heterocycles. The summed E-state index contributed by atoms with van der Waals surface area (Å²) in [5.74, 6) is 0.729. The Morgan fingerprint density at radius 2 is 1.94 bits per heavy atom. The molecule has 0 fully saturated rings. The van der Waals surface area contributed by atoms with Crippen molar-refractivity contribution in [3.63, 3.8) is 0 Å². The molecule has 1 rings (SSSR count). The Morgan fingerprint density at radius 1 is 1.22 bits per heavy atom. The summed E-state index contributed by atoms with van der Waals surface area (Å²) in [6, 6.07) is 2.61. The second-order valence-corrected chi connectivity index (χ2v) is 5.10. The van der Waals surface area contributed by atoms with Crippen LogP contribution in [0.25, 0.3) is 0 Å². The van der Waals surface area contributed by atoms with Crippen molar-refractivity contribution in [1.29, 1.82) is 0 Å². The summed E-state index contributed by atoms with van der Waals surface area (Å²) < 4.78 is 0. The summed E-state index contributed by atoms with van der Waals surface area (Å²) >= 11 is 0. The number of hydrogen-bond acceptors (Lipinski definition) is 3. The van der Waals surface area contributed by atoms with E-state index in [0.717, 1.165) is 30.3 Å². The van der Waals surface area contributed by atoms with Crippen molar-refractivity contribution in [1.82, 2.24) is 15.5 Å².